The van der Waals surface area contributed by atoms with Gasteiger partial charge in [0.05, 0.1) is 6.61 Å². The Hall–Kier alpha value is -0.870. The minimum atomic E-state index is 0.103. The van der Waals surface area contributed by atoms with Crippen molar-refractivity contribution < 1.29 is 9.53 Å². The second-order valence-corrected chi connectivity index (χ2v) is 5.09. The fraction of sp³-hybridized carbons (Fsp3) is 0.462. The first kappa shape index (κ1) is 12.6. The second kappa shape index (κ2) is 5.65. The summed E-state index contributed by atoms with van der Waals surface area (Å²) in [6.07, 6.45) is 1.01. The van der Waals surface area contributed by atoms with Gasteiger partial charge in [-0.2, -0.15) is 0 Å². The average molecular weight is 298 g/mol. The summed E-state index contributed by atoms with van der Waals surface area (Å²) >= 11 is 3.41. The molecule has 1 aromatic rings. The molecule has 0 amide bonds. The van der Waals surface area contributed by atoms with E-state index >= 15 is 0 Å². The zero-order valence-corrected chi connectivity index (χ0v) is 11.5. The van der Waals surface area contributed by atoms with Crippen LogP contribution < -0.4 is 4.90 Å². The van der Waals surface area contributed by atoms with Gasteiger partial charge in [0.15, 0.2) is 5.78 Å². The van der Waals surface area contributed by atoms with Crippen LogP contribution in [0.1, 0.15) is 23.7 Å². The molecule has 1 aromatic carbocycles. The largest absolute Gasteiger partial charge is 0.380 e. The Morgan fingerprint density at radius 1 is 1.35 bits per heavy atom. The van der Waals surface area contributed by atoms with Gasteiger partial charge in [-0.3, -0.25) is 4.79 Å². The highest BCUT2D eigenvalue weighted by Gasteiger charge is 2.16. The van der Waals surface area contributed by atoms with Crippen LogP contribution in [0.15, 0.2) is 22.7 Å². The van der Waals surface area contributed by atoms with Crippen molar-refractivity contribution in [1.29, 1.82) is 0 Å². The molecular formula is C13H16BrNO2. The lowest BCUT2D eigenvalue weighted by Gasteiger charge is -2.24. The van der Waals surface area contributed by atoms with Crippen molar-refractivity contribution in [2.75, 3.05) is 31.2 Å². The number of ether oxygens (including phenoxy) is 1. The summed E-state index contributed by atoms with van der Waals surface area (Å²) in [5, 5.41) is 0. The van der Waals surface area contributed by atoms with E-state index in [2.05, 4.69) is 20.8 Å². The minimum absolute atomic E-state index is 0.103. The highest BCUT2D eigenvalue weighted by molar-refractivity contribution is 9.10. The number of ketones is 1. The predicted molar refractivity (Wildman–Crippen MR) is 71.8 cm³/mol. The quantitative estimate of drug-likeness (QED) is 0.786. The Kier molecular flexibility index (Phi) is 4.18. The fourth-order valence-corrected chi connectivity index (χ4v) is 2.41. The Morgan fingerprint density at radius 3 is 2.94 bits per heavy atom. The zero-order chi connectivity index (χ0) is 12.3. The van der Waals surface area contributed by atoms with Crippen LogP contribution in [-0.4, -0.2) is 32.1 Å². The van der Waals surface area contributed by atoms with Gasteiger partial charge in [0.2, 0.25) is 0 Å². The summed E-state index contributed by atoms with van der Waals surface area (Å²) in [7, 11) is 0. The molecule has 92 valence electrons. The molecule has 17 heavy (non-hydrogen) atoms. The summed E-state index contributed by atoms with van der Waals surface area (Å²) in [6.45, 7) is 4.94. The van der Waals surface area contributed by atoms with E-state index < -0.39 is 0 Å². The average Bonchev–Trinajstić information content (AvgIpc) is 2.57. The van der Waals surface area contributed by atoms with Crippen LogP contribution in [0, 0.1) is 0 Å². The van der Waals surface area contributed by atoms with E-state index in [1.165, 1.54) is 0 Å². The zero-order valence-electron chi connectivity index (χ0n) is 9.91. The first-order valence-electron chi connectivity index (χ1n) is 5.81. The van der Waals surface area contributed by atoms with Crippen molar-refractivity contribution in [3.8, 4) is 0 Å². The smallest absolute Gasteiger partial charge is 0.161 e. The van der Waals surface area contributed by atoms with Crippen molar-refractivity contribution in [3.63, 3.8) is 0 Å². The molecule has 1 fully saturated rings. The van der Waals surface area contributed by atoms with Crippen LogP contribution in [0.5, 0.6) is 0 Å². The van der Waals surface area contributed by atoms with Gasteiger partial charge in [0.25, 0.3) is 0 Å². The summed E-state index contributed by atoms with van der Waals surface area (Å²) in [5.41, 5.74) is 1.80. The Bertz CT molecular complexity index is 412. The molecule has 0 radical (unpaired) electrons. The highest BCUT2D eigenvalue weighted by Crippen LogP contribution is 2.25. The molecule has 0 spiro atoms. The number of Topliss-reactive ketones (excluding diaryl/α,β-unsaturated/α-hetero) is 1. The SMILES string of the molecule is CC(=O)c1cc(Br)ccc1N1CCCOCC1. The molecular weight excluding hydrogens is 282 g/mol. The number of anilines is 1. The maximum atomic E-state index is 11.7. The van der Waals surface area contributed by atoms with Gasteiger partial charge in [-0.15, -0.1) is 0 Å². The summed E-state index contributed by atoms with van der Waals surface area (Å²) in [4.78, 5) is 13.9. The molecule has 0 saturated carbocycles. The maximum Gasteiger partial charge on any atom is 0.161 e. The third kappa shape index (κ3) is 3.07. The molecule has 1 heterocycles. The molecule has 0 aliphatic carbocycles. The van der Waals surface area contributed by atoms with E-state index in [1.807, 2.05) is 18.2 Å². The van der Waals surface area contributed by atoms with Crippen LogP contribution in [-0.2, 0) is 4.74 Å². The minimum Gasteiger partial charge on any atom is -0.380 e. The van der Waals surface area contributed by atoms with E-state index in [1.54, 1.807) is 6.92 Å². The Labute approximate surface area is 110 Å². The van der Waals surface area contributed by atoms with Gasteiger partial charge in [-0.1, -0.05) is 15.9 Å². The summed E-state index contributed by atoms with van der Waals surface area (Å²) in [5.74, 6) is 0.103. The molecule has 0 unspecified atom stereocenters. The van der Waals surface area contributed by atoms with Crippen LogP contribution >= 0.6 is 15.9 Å². The Morgan fingerprint density at radius 2 is 2.18 bits per heavy atom. The monoisotopic (exact) mass is 297 g/mol. The van der Waals surface area contributed by atoms with Crippen molar-refractivity contribution in [2.45, 2.75) is 13.3 Å². The van der Waals surface area contributed by atoms with Crippen LogP contribution in [0.4, 0.5) is 5.69 Å². The molecule has 0 bridgehead atoms. The molecule has 1 aliphatic heterocycles. The van der Waals surface area contributed by atoms with Crippen LogP contribution in [0.25, 0.3) is 0 Å². The molecule has 0 atom stereocenters. The molecule has 0 N–H and O–H groups in total. The number of halogens is 1. The molecule has 3 nitrogen and oxygen atoms in total. The van der Waals surface area contributed by atoms with Crippen LogP contribution in [0.2, 0.25) is 0 Å². The number of carbonyl (C=O) groups excluding carboxylic acids is 1. The number of carbonyl (C=O) groups is 1. The van der Waals surface area contributed by atoms with Gasteiger partial charge in [-0.05, 0) is 31.5 Å². The molecule has 1 aliphatic rings. The summed E-state index contributed by atoms with van der Waals surface area (Å²) < 4.78 is 6.38. The lowest BCUT2D eigenvalue weighted by Crippen LogP contribution is -2.27. The molecule has 1 saturated heterocycles. The molecule has 2 rings (SSSR count). The number of benzene rings is 1. The number of hydrogen-bond donors (Lipinski definition) is 0. The normalized spacial score (nSPS) is 16.7. The second-order valence-electron chi connectivity index (χ2n) is 4.17. The Balaban J connectivity index is 2.32. The third-order valence-electron chi connectivity index (χ3n) is 2.90. The van der Waals surface area contributed by atoms with E-state index in [9.17, 15) is 4.79 Å². The fourth-order valence-electron chi connectivity index (χ4n) is 2.05. The van der Waals surface area contributed by atoms with E-state index in [0.717, 1.165) is 48.4 Å². The van der Waals surface area contributed by atoms with Crippen molar-refractivity contribution in [1.82, 2.24) is 0 Å². The molecule has 4 heteroatoms. The van der Waals surface area contributed by atoms with E-state index in [-0.39, 0.29) is 5.78 Å². The predicted octanol–water partition coefficient (Wildman–Crippen LogP) is 2.88. The lowest BCUT2D eigenvalue weighted by atomic mass is 10.1. The van der Waals surface area contributed by atoms with E-state index in [0.29, 0.717) is 0 Å². The highest BCUT2D eigenvalue weighted by atomic mass is 79.9. The topological polar surface area (TPSA) is 29.5 Å². The van der Waals surface area contributed by atoms with Gasteiger partial charge in [0, 0.05) is 35.4 Å². The van der Waals surface area contributed by atoms with Crippen molar-refractivity contribution >= 4 is 27.4 Å². The number of nitrogens with zero attached hydrogens (tertiary/aromatic N) is 1. The van der Waals surface area contributed by atoms with Gasteiger partial charge in [-0.25, -0.2) is 0 Å². The number of hydrogen-bond acceptors (Lipinski definition) is 3. The number of rotatable bonds is 2. The lowest BCUT2D eigenvalue weighted by molar-refractivity contribution is 0.101. The molecule has 0 aromatic heterocycles. The first-order chi connectivity index (χ1) is 8.18. The standard InChI is InChI=1S/C13H16BrNO2/c1-10(16)12-9-11(14)3-4-13(12)15-5-2-7-17-8-6-15/h3-4,9H,2,5-8H2,1H3. The first-order valence-corrected chi connectivity index (χ1v) is 6.61. The van der Waals surface area contributed by atoms with Crippen molar-refractivity contribution in [3.05, 3.63) is 28.2 Å². The van der Waals surface area contributed by atoms with Gasteiger partial charge < -0.3 is 9.64 Å². The summed E-state index contributed by atoms with van der Waals surface area (Å²) in [6, 6.07) is 5.88. The van der Waals surface area contributed by atoms with E-state index in [4.69, 9.17) is 4.74 Å². The van der Waals surface area contributed by atoms with Crippen molar-refractivity contribution in [2.24, 2.45) is 0 Å². The van der Waals surface area contributed by atoms with Crippen LogP contribution in [0.3, 0.4) is 0 Å². The maximum absolute atomic E-state index is 11.7. The van der Waals surface area contributed by atoms with Gasteiger partial charge in [0.1, 0.15) is 0 Å². The van der Waals surface area contributed by atoms with Gasteiger partial charge >= 0.3 is 0 Å². The third-order valence-corrected chi connectivity index (χ3v) is 3.39.